The highest BCUT2D eigenvalue weighted by molar-refractivity contribution is 7.08. The van der Waals surface area contributed by atoms with Crippen LogP contribution in [0.5, 0.6) is 0 Å². The molecule has 0 N–H and O–H groups in total. The maximum atomic E-state index is 11.6. The molecule has 0 radical (unpaired) electrons. The molecule has 0 spiro atoms. The van der Waals surface area contributed by atoms with Crippen molar-refractivity contribution in [2.75, 3.05) is 0 Å². The van der Waals surface area contributed by atoms with E-state index in [0.717, 1.165) is 11.1 Å². The van der Waals surface area contributed by atoms with Crippen molar-refractivity contribution in [1.82, 2.24) is 10.1 Å². The van der Waals surface area contributed by atoms with E-state index in [1.165, 1.54) is 6.08 Å². The van der Waals surface area contributed by atoms with Gasteiger partial charge in [-0.1, -0.05) is 28.9 Å². The molecule has 3 rings (SSSR count). The Balaban J connectivity index is 1.58. The Bertz CT molecular complexity index is 827. The molecule has 0 aliphatic rings. The van der Waals surface area contributed by atoms with E-state index < -0.39 is 5.97 Å². The lowest BCUT2D eigenvalue weighted by atomic mass is 10.2. The molecule has 2 aromatic heterocycles. The van der Waals surface area contributed by atoms with Gasteiger partial charge in [0.05, 0.1) is 0 Å². The zero-order valence-corrected chi connectivity index (χ0v) is 13.4. The fourth-order valence-corrected chi connectivity index (χ4v) is 2.59. The summed E-state index contributed by atoms with van der Waals surface area (Å²) in [7, 11) is 0. The average molecular weight is 347 g/mol. The van der Waals surface area contributed by atoms with Crippen LogP contribution in [0.1, 0.15) is 11.5 Å². The number of hydrogen-bond acceptors (Lipinski definition) is 6. The van der Waals surface area contributed by atoms with E-state index in [-0.39, 0.29) is 12.5 Å². The van der Waals surface area contributed by atoms with Crippen molar-refractivity contribution in [3.05, 3.63) is 63.6 Å². The van der Waals surface area contributed by atoms with Crippen LogP contribution in [0.25, 0.3) is 17.5 Å². The van der Waals surface area contributed by atoms with Crippen LogP contribution in [-0.4, -0.2) is 16.1 Å². The molecule has 1 aromatic carbocycles. The van der Waals surface area contributed by atoms with Crippen molar-refractivity contribution in [2.45, 2.75) is 6.61 Å². The second-order valence-electron chi connectivity index (χ2n) is 4.52. The quantitative estimate of drug-likeness (QED) is 0.511. The van der Waals surface area contributed by atoms with Gasteiger partial charge >= 0.3 is 5.97 Å². The molecule has 0 fully saturated rings. The monoisotopic (exact) mass is 346 g/mol. The molecule has 0 amide bonds. The minimum absolute atomic E-state index is 0.0830. The third kappa shape index (κ3) is 4.28. The summed E-state index contributed by atoms with van der Waals surface area (Å²) in [5.41, 5.74) is 1.68. The van der Waals surface area contributed by atoms with E-state index in [1.54, 1.807) is 35.6 Å². The summed E-state index contributed by atoms with van der Waals surface area (Å²) < 4.78 is 10.1. The fraction of sp³-hybridized carbons (Fsp3) is 0.0625. The number of benzene rings is 1. The molecule has 0 aliphatic heterocycles. The number of halogens is 1. The number of rotatable bonds is 5. The number of nitrogens with zero attached hydrogens (tertiary/aromatic N) is 2. The number of carbonyl (C=O) groups is 1. The molecular formula is C16H11ClN2O3S. The number of ether oxygens (including phenoxy) is 1. The predicted octanol–water partition coefficient (Wildman–Crippen LogP) is 4.21. The van der Waals surface area contributed by atoms with Crippen LogP contribution in [0.2, 0.25) is 5.02 Å². The van der Waals surface area contributed by atoms with Crippen molar-refractivity contribution >= 4 is 35.0 Å². The summed E-state index contributed by atoms with van der Waals surface area (Å²) in [5, 5.41) is 8.28. The van der Waals surface area contributed by atoms with Gasteiger partial charge in [-0.25, -0.2) is 4.79 Å². The highest BCUT2D eigenvalue weighted by Gasteiger charge is 2.10. The smallest absolute Gasteiger partial charge is 0.331 e. The van der Waals surface area contributed by atoms with Gasteiger partial charge < -0.3 is 9.26 Å². The second-order valence-corrected chi connectivity index (χ2v) is 5.74. The van der Waals surface area contributed by atoms with Crippen molar-refractivity contribution in [1.29, 1.82) is 0 Å². The highest BCUT2D eigenvalue weighted by Crippen LogP contribution is 2.20. The Kier molecular flexibility index (Phi) is 4.85. The van der Waals surface area contributed by atoms with Gasteiger partial charge in [0.15, 0.2) is 6.61 Å². The van der Waals surface area contributed by atoms with Crippen LogP contribution in [0, 0.1) is 0 Å². The van der Waals surface area contributed by atoms with Crippen molar-refractivity contribution < 1.29 is 14.1 Å². The minimum atomic E-state index is -0.473. The molecule has 116 valence electrons. The van der Waals surface area contributed by atoms with E-state index in [0.29, 0.717) is 10.8 Å². The van der Waals surface area contributed by atoms with E-state index in [4.69, 9.17) is 20.9 Å². The van der Waals surface area contributed by atoms with Crippen molar-refractivity contribution in [2.24, 2.45) is 0 Å². The minimum Gasteiger partial charge on any atom is -0.452 e. The van der Waals surface area contributed by atoms with Gasteiger partial charge in [0, 0.05) is 16.7 Å². The molecule has 23 heavy (non-hydrogen) atoms. The molecule has 0 unspecified atom stereocenters. The molecule has 0 atom stereocenters. The number of aromatic nitrogens is 2. The Morgan fingerprint density at radius 2 is 2.30 bits per heavy atom. The lowest BCUT2D eigenvalue weighted by Crippen LogP contribution is -2.00. The molecule has 3 aromatic rings. The standard InChI is InChI=1S/C16H11ClN2O3S/c17-13-3-1-2-12(8-13)16-18-14(22-19-16)9-21-15(20)5-4-11-6-7-23-10-11/h1-8,10H,9H2/b5-4+. The first-order valence-electron chi connectivity index (χ1n) is 6.66. The summed E-state index contributed by atoms with van der Waals surface area (Å²) in [4.78, 5) is 15.8. The first kappa shape index (κ1) is 15.5. The van der Waals surface area contributed by atoms with Gasteiger partial charge in [-0.05, 0) is 40.6 Å². The van der Waals surface area contributed by atoms with Crippen molar-refractivity contribution in [3.8, 4) is 11.4 Å². The molecule has 0 saturated carbocycles. The Morgan fingerprint density at radius 3 is 3.09 bits per heavy atom. The third-order valence-electron chi connectivity index (χ3n) is 2.84. The maximum Gasteiger partial charge on any atom is 0.331 e. The van der Waals surface area contributed by atoms with Crippen molar-refractivity contribution in [3.63, 3.8) is 0 Å². The summed E-state index contributed by atoms with van der Waals surface area (Å²) >= 11 is 7.48. The number of esters is 1. The van der Waals surface area contributed by atoms with Gasteiger partial charge in [0.25, 0.3) is 5.89 Å². The number of carbonyl (C=O) groups excluding carboxylic acids is 1. The van der Waals surface area contributed by atoms with Crippen LogP contribution in [0.15, 0.2) is 51.7 Å². The fourth-order valence-electron chi connectivity index (χ4n) is 1.77. The predicted molar refractivity (Wildman–Crippen MR) is 87.9 cm³/mol. The summed E-state index contributed by atoms with van der Waals surface area (Å²) in [5.74, 6) is 0.142. The van der Waals surface area contributed by atoms with Gasteiger partial charge in [-0.2, -0.15) is 16.3 Å². The average Bonchev–Trinajstić information content (AvgIpc) is 3.22. The molecule has 7 heteroatoms. The van der Waals surface area contributed by atoms with Crippen LogP contribution in [-0.2, 0) is 16.1 Å². The second kappa shape index (κ2) is 7.21. The summed E-state index contributed by atoms with van der Waals surface area (Å²) in [6.45, 7) is -0.0830. The summed E-state index contributed by atoms with van der Waals surface area (Å²) in [6.07, 6.45) is 3.04. The molecule has 5 nitrogen and oxygen atoms in total. The van der Waals surface area contributed by atoms with Gasteiger partial charge in [-0.15, -0.1) is 0 Å². The van der Waals surface area contributed by atoms with Crippen LogP contribution < -0.4 is 0 Å². The van der Waals surface area contributed by atoms with E-state index in [1.807, 2.05) is 22.9 Å². The SMILES string of the molecule is O=C(/C=C/c1ccsc1)OCc1nc(-c2cccc(Cl)c2)no1. The summed E-state index contributed by atoms with van der Waals surface area (Å²) in [6, 6.07) is 9.00. The largest absolute Gasteiger partial charge is 0.452 e. The van der Waals surface area contributed by atoms with Gasteiger partial charge in [0.2, 0.25) is 5.82 Å². The third-order valence-corrected chi connectivity index (χ3v) is 3.78. The maximum absolute atomic E-state index is 11.6. The first-order valence-corrected chi connectivity index (χ1v) is 7.98. The highest BCUT2D eigenvalue weighted by atomic mass is 35.5. The van der Waals surface area contributed by atoms with Gasteiger partial charge in [-0.3, -0.25) is 0 Å². The molecular weight excluding hydrogens is 336 g/mol. The number of thiophene rings is 1. The lowest BCUT2D eigenvalue weighted by molar-refractivity contribution is -0.139. The number of hydrogen-bond donors (Lipinski definition) is 0. The van der Waals surface area contributed by atoms with E-state index in [9.17, 15) is 4.79 Å². The lowest BCUT2D eigenvalue weighted by Gasteiger charge is -1.96. The van der Waals surface area contributed by atoms with E-state index in [2.05, 4.69) is 10.1 Å². The van der Waals surface area contributed by atoms with Gasteiger partial charge in [0.1, 0.15) is 0 Å². The zero-order chi connectivity index (χ0) is 16.1. The topological polar surface area (TPSA) is 65.2 Å². The Labute approximate surface area is 141 Å². The zero-order valence-electron chi connectivity index (χ0n) is 11.8. The first-order chi connectivity index (χ1) is 11.2. The van der Waals surface area contributed by atoms with Crippen LogP contribution in [0.3, 0.4) is 0 Å². The molecule has 0 aliphatic carbocycles. The Hall–Kier alpha value is -2.44. The Morgan fingerprint density at radius 1 is 1.39 bits per heavy atom. The van der Waals surface area contributed by atoms with E-state index >= 15 is 0 Å². The molecule has 0 saturated heterocycles. The molecule has 0 bridgehead atoms. The molecule has 2 heterocycles. The van der Waals surface area contributed by atoms with Crippen LogP contribution >= 0.6 is 22.9 Å². The normalized spacial score (nSPS) is 11.0. The van der Waals surface area contributed by atoms with Crippen LogP contribution in [0.4, 0.5) is 0 Å².